The number of piperidine rings is 1. The number of esters is 2. The average molecular weight is 607 g/mol. The Morgan fingerprint density at radius 1 is 1.02 bits per heavy atom. The average Bonchev–Trinajstić information content (AvgIpc) is 2.98. The zero-order valence-corrected chi connectivity index (χ0v) is 26.6. The highest BCUT2D eigenvalue weighted by molar-refractivity contribution is 6.00. The van der Waals surface area contributed by atoms with Crippen LogP contribution in [0.5, 0.6) is 0 Å². The normalized spacial score (nSPS) is 18.0. The third-order valence-electron chi connectivity index (χ3n) is 8.41. The van der Waals surface area contributed by atoms with Crippen molar-refractivity contribution >= 4 is 17.6 Å². The number of hydrogen-bond donors (Lipinski definition) is 1. The fourth-order valence-corrected chi connectivity index (χ4v) is 5.82. The highest BCUT2D eigenvalue weighted by Gasteiger charge is 2.39. The molecular formula is C32H42N6O6. The number of methoxy groups -OCH3 is 1. The molecular weight excluding hydrogens is 564 g/mol. The van der Waals surface area contributed by atoms with E-state index in [2.05, 4.69) is 27.1 Å². The van der Waals surface area contributed by atoms with Crippen LogP contribution in [0.2, 0.25) is 0 Å². The number of carbonyl (C=O) groups excluding carboxylic acids is 2. The van der Waals surface area contributed by atoms with Crippen LogP contribution < -0.4 is 5.32 Å². The van der Waals surface area contributed by atoms with Crippen molar-refractivity contribution in [3.8, 4) is 0 Å². The number of nitro groups is 1. The van der Waals surface area contributed by atoms with Gasteiger partial charge in [-0.15, -0.1) is 0 Å². The van der Waals surface area contributed by atoms with E-state index in [0.717, 1.165) is 55.5 Å². The Bertz CT molecular complexity index is 1490. The molecule has 1 unspecified atom stereocenters. The molecule has 0 spiro atoms. The van der Waals surface area contributed by atoms with Gasteiger partial charge in [-0.1, -0.05) is 12.1 Å². The molecule has 1 atom stereocenters. The van der Waals surface area contributed by atoms with E-state index in [-0.39, 0.29) is 22.9 Å². The molecule has 12 heteroatoms. The van der Waals surface area contributed by atoms with Crippen LogP contribution in [0.1, 0.15) is 60.9 Å². The molecule has 0 radical (unpaired) electrons. The van der Waals surface area contributed by atoms with Crippen LogP contribution >= 0.6 is 0 Å². The Hall–Kier alpha value is -4.16. The molecule has 0 aliphatic carbocycles. The van der Waals surface area contributed by atoms with Gasteiger partial charge in [-0.3, -0.25) is 25.0 Å². The first-order valence-electron chi connectivity index (χ1n) is 14.8. The molecule has 1 aromatic carbocycles. The molecule has 1 aromatic heterocycles. The van der Waals surface area contributed by atoms with E-state index < -0.39 is 22.8 Å². The van der Waals surface area contributed by atoms with Crippen molar-refractivity contribution in [1.82, 2.24) is 25.1 Å². The van der Waals surface area contributed by atoms with Crippen LogP contribution in [0.3, 0.4) is 0 Å². The first kappa shape index (κ1) is 32.7. The van der Waals surface area contributed by atoms with Crippen molar-refractivity contribution in [2.75, 3.05) is 40.3 Å². The summed E-state index contributed by atoms with van der Waals surface area (Å²) in [6.45, 7) is 13.4. The number of rotatable bonds is 10. The molecule has 44 heavy (non-hydrogen) atoms. The van der Waals surface area contributed by atoms with Gasteiger partial charge < -0.3 is 19.7 Å². The predicted molar refractivity (Wildman–Crippen MR) is 165 cm³/mol. The van der Waals surface area contributed by atoms with Crippen LogP contribution in [0.25, 0.3) is 0 Å². The SMILES string of the molecule is COC(=O)C1=C(C)NC(C)=C(C(=O)OC2CCN(CCN(C)Cc3nc(C)c(C)nc3C)CC2)C1c1cccc([N+](=O)[O-])c1. The van der Waals surface area contributed by atoms with Crippen molar-refractivity contribution in [2.45, 2.75) is 66.0 Å². The molecule has 236 valence electrons. The lowest BCUT2D eigenvalue weighted by Gasteiger charge is -2.34. The van der Waals surface area contributed by atoms with Crippen LogP contribution in [0, 0.1) is 30.9 Å². The highest BCUT2D eigenvalue weighted by Crippen LogP contribution is 2.40. The fourth-order valence-electron chi connectivity index (χ4n) is 5.82. The first-order chi connectivity index (χ1) is 20.9. The van der Waals surface area contributed by atoms with Crippen molar-refractivity contribution in [2.24, 2.45) is 0 Å². The summed E-state index contributed by atoms with van der Waals surface area (Å²) in [6, 6.07) is 5.97. The van der Waals surface area contributed by atoms with E-state index in [1.54, 1.807) is 26.0 Å². The van der Waals surface area contributed by atoms with Gasteiger partial charge in [0, 0.05) is 56.3 Å². The standard InChI is InChI=1S/C32H42N6O6/c1-19-20(2)35-27(21(3)33-19)18-36(6)15-16-37-13-11-26(12-14-37)44-32(40)29-23(5)34-22(4)28(31(39)43-7)30(29)24-9-8-10-25(17-24)38(41)42/h8-10,17,26,30,34H,11-16,18H2,1-7H3. The molecule has 0 amide bonds. The summed E-state index contributed by atoms with van der Waals surface area (Å²) in [5.41, 5.74) is 5.66. The molecule has 2 aliphatic heterocycles. The highest BCUT2D eigenvalue weighted by atomic mass is 16.6. The van der Waals surface area contributed by atoms with E-state index in [9.17, 15) is 19.7 Å². The summed E-state index contributed by atoms with van der Waals surface area (Å²) in [5, 5.41) is 14.6. The second-order valence-corrected chi connectivity index (χ2v) is 11.6. The number of benzene rings is 1. The first-order valence-corrected chi connectivity index (χ1v) is 14.8. The molecule has 2 aliphatic rings. The van der Waals surface area contributed by atoms with Gasteiger partial charge in [-0.05, 0) is 60.1 Å². The number of dihydropyridines is 1. The minimum Gasteiger partial charge on any atom is -0.466 e. The maximum absolute atomic E-state index is 13.7. The number of nitrogens with one attached hydrogen (secondary N) is 1. The number of allylic oxidation sites excluding steroid dienone is 2. The Morgan fingerprint density at radius 2 is 1.66 bits per heavy atom. The van der Waals surface area contributed by atoms with Crippen molar-refractivity contribution in [3.05, 3.63) is 85.3 Å². The maximum Gasteiger partial charge on any atom is 0.337 e. The van der Waals surface area contributed by atoms with E-state index in [1.165, 1.54) is 19.2 Å². The number of ether oxygens (including phenoxy) is 2. The van der Waals surface area contributed by atoms with Crippen LogP contribution in [0.4, 0.5) is 5.69 Å². The quantitative estimate of drug-likeness (QED) is 0.240. The summed E-state index contributed by atoms with van der Waals surface area (Å²) < 4.78 is 11.1. The number of nitrogens with zero attached hydrogens (tertiary/aromatic N) is 5. The molecule has 0 saturated carbocycles. The molecule has 1 saturated heterocycles. The zero-order valence-electron chi connectivity index (χ0n) is 26.6. The second kappa shape index (κ2) is 14.1. The largest absolute Gasteiger partial charge is 0.466 e. The number of aryl methyl sites for hydroxylation is 3. The topological polar surface area (TPSA) is 140 Å². The van der Waals surface area contributed by atoms with Gasteiger partial charge in [0.1, 0.15) is 6.10 Å². The number of nitro benzene ring substituents is 1. The molecule has 0 bridgehead atoms. The monoisotopic (exact) mass is 606 g/mol. The van der Waals surface area contributed by atoms with Gasteiger partial charge in [0.05, 0.1) is 51.9 Å². The van der Waals surface area contributed by atoms with Crippen LogP contribution in [-0.4, -0.2) is 83.1 Å². The minimum absolute atomic E-state index is 0.136. The van der Waals surface area contributed by atoms with Gasteiger partial charge in [-0.25, -0.2) is 9.59 Å². The Kier molecular flexibility index (Phi) is 10.5. The number of hydrogen-bond acceptors (Lipinski definition) is 11. The smallest absolute Gasteiger partial charge is 0.337 e. The summed E-state index contributed by atoms with van der Waals surface area (Å²) >= 11 is 0. The van der Waals surface area contributed by atoms with Crippen molar-refractivity contribution < 1.29 is 24.0 Å². The Morgan fingerprint density at radius 3 is 2.30 bits per heavy atom. The summed E-state index contributed by atoms with van der Waals surface area (Å²) in [7, 11) is 3.34. The lowest BCUT2D eigenvalue weighted by molar-refractivity contribution is -0.384. The molecule has 12 nitrogen and oxygen atoms in total. The van der Waals surface area contributed by atoms with Gasteiger partial charge in [0.15, 0.2) is 0 Å². The minimum atomic E-state index is -0.877. The molecule has 1 N–H and O–H groups in total. The summed E-state index contributed by atoms with van der Waals surface area (Å²) in [6.07, 6.45) is 1.07. The van der Waals surface area contributed by atoms with E-state index in [4.69, 9.17) is 14.5 Å². The van der Waals surface area contributed by atoms with E-state index in [0.29, 0.717) is 29.8 Å². The van der Waals surface area contributed by atoms with Gasteiger partial charge >= 0.3 is 11.9 Å². The third-order valence-corrected chi connectivity index (χ3v) is 8.41. The molecule has 3 heterocycles. The number of likely N-dealkylation sites (N-methyl/N-ethyl adjacent to an activating group) is 1. The number of likely N-dealkylation sites (tertiary alicyclic amines) is 1. The number of non-ortho nitro benzene ring substituents is 1. The Labute approximate surface area is 258 Å². The van der Waals surface area contributed by atoms with Crippen molar-refractivity contribution in [3.63, 3.8) is 0 Å². The van der Waals surface area contributed by atoms with Gasteiger partial charge in [-0.2, -0.15) is 0 Å². The van der Waals surface area contributed by atoms with E-state index in [1.807, 2.05) is 20.8 Å². The van der Waals surface area contributed by atoms with Gasteiger partial charge in [0.25, 0.3) is 5.69 Å². The zero-order chi connectivity index (χ0) is 32.1. The molecule has 1 fully saturated rings. The van der Waals surface area contributed by atoms with Crippen LogP contribution in [-0.2, 0) is 25.6 Å². The summed E-state index contributed by atoms with van der Waals surface area (Å²) in [5.74, 6) is -2.05. The Balaban J connectivity index is 1.40. The second-order valence-electron chi connectivity index (χ2n) is 11.6. The maximum atomic E-state index is 13.7. The number of carbonyl (C=O) groups is 2. The van der Waals surface area contributed by atoms with Gasteiger partial charge in [0.2, 0.25) is 0 Å². The lowest BCUT2D eigenvalue weighted by atomic mass is 9.80. The predicted octanol–water partition coefficient (Wildman–Crippen LogP) is 3.86. The molecule has 4 rings (SSSR count). The summed E-state index contributed by atoms with van der Waals surface area (Å²) in [4.78, 5) is 51.6. The third kappa shape index (κ3) is 7.48. The fraction of sp³-hybridized carbons (Fsp3) is 0.500. The van der Waals surface area contributed by atoms with Crippen molar-refractivity contribution in [1.29, 1.82) is 0 Å². The van der Waals surface area contributed by atoms with Crippen LogP contribution in [0.15, 0.2) is 46.8 Å². The lowest BCUT2D eigenvalue weighted by Crippen LogP contribution is -2.42. The molecule has 2 aromatic rings. The van der Waals surface area contributed by atoms with E-state index >= 15 is 0 Å². The number of aromatic nitrogens is 2.